The molecule has 49 heavy (non-hydrogen) atoms. The Labute approximate surface area is 291 Å². The normalized spacial score (nSPS) is 19.7. The number of likely N-dealkylation sites (N-methyl/N-ethyl adjacent to an activating group) is 1. The molecule has 4 aromatic rings. The highest BCUT2D eigenvalue weighted by Crippen LogP contribution is 2.34. The average Bonchev–Trinajstić information content (AvgIpc) is 3.52. The number of ketones is 1. The quantitative estimate of drug-likeness (QED) is 0.155. The SMILES string of the molecule is CN1C(=O)[C@H](CCCCN)CC(=O)[C@H](CCCN)NCc2ccccc2Sc2ccc(F)cc2CNC(=O)[C@@H]1Cc1c[nH]c2ccccc12. The topological polar surface area (TPSA) is 146 Å². The molecule has 11 heteroatoms. The van der Waals surface area contributed by atoms with Gasteiger partial charge in [0.15, 0.2) is 5.78 Å². The van der Waals surface area contributed by atoms with Crippen molar-refractivity contribution in [3.8, 4) is 0 Å². The summed E-state index contributed by atoms with van der Waals surface area (Å²) >= 11 is 1.49. The van der Waals surface area contributed by atoms with Crippen molar-refractivity contribution in [2.24, 2.45) is 17.4 Å². The second-order valence-corrected chi connectivity index (χ2v) is 13.8. The molecule has 1 aliphatic heterocycles. The first-order valence-electron chi connectivity index (χ1n) is 17.1. The zero-order valence-corrected chi connectivity index (χ0v) is 28.9. The second kappa shape index (κ2) is 17.6. The fourth-order valence-electron chi connectivity index (χ4n) is 6.47. The lowest BCUT2D eigenvalue weighted by Crippen LogP contribution is -2.51. The number of para-hydroxylation sites is 1. The molecule has 260 valence electrons. The van der Waals surface area contributed by atoms with Gasteiger partial charge in [-0.1, -0.05) is 54.6 Å². The number of hydrogen-bond acceptors (Lipinski definition) is 7. The molecule has 3 aromatic carbocycles. The van der Waals surface area contributed by atoms with E-state index >= 15 is 0 Å². The maximum atomic E-state index is 14.6. The van der Waals surface area contributed by atoms with Gasteiger partial charge in [-0.05, 0) is 85.8 Å². The van der Waals surface area contributed by atoms with Crippen LogP contribution in [0.3, 0.4) is 0 Å². The van der Waals surface area contributed by atoms with Crippen LogP contribution in [0.2, 0.25) is 0 Å². The van der Waals surface area contributed by atoms with Crippen molar-refractivity contribution in [1.82, 2.24) is 20.5 Å². The van der Waals surface area contributed by atoms with E-state index in [2.05, 4.69) is 15.6 Å². The highest BCUT2D eigenvalue weighted by Gasteiger charge is 2.34. The van der Waals surface area contributed by atoms with Crippen molar-refractivity contribution < 1.29 is 18.8 Å². The van der Waals surface area contributed by atoms with Crippen LogP contribution in [0.5, 0.6) is 0 Å². The largest absolute Gasteiger partial charge is 0.361 e. The summed E-state index contributed by atoms with van der Waals surface area (Å²) in [6, 6.07) is 18.9. The summed E-state index contributed by atoms with van der Waals surface area (Å²) < 4.78 is 14.6. The number of halogens is 1. The van der Waals surface area contributed by atoms with Crippen LogP contribution < -0.4 is 22.1 Å². The molecule has 0 saturated heterocycles. The Balaban J connectivity index is 1.55. The third kappa shape index (κ3) is 9.36. The van der Waals surface area contributed by atoms with Gasteiger partial charge >= 0.3 is 0 Å². The fraction of sp³-hybridized carbons (Fsp3) is 0.395. The Bertz CT molecular complexity index is 1750. The van der Waals surface area contributed by atoms with Gasteiger partial charge in [-0.25, -0.2) is 4.39 Å². The van der Waals surface area contributed by atoms with E-state index in [1.807, 2.05) is 54.7 Å². The monoisotopic (exact) mass is 686 g/mol. The van der Waals surface area contributed by atoms with Gasteiger partial charge in [0, 0.05) is 65.8 Å². The van der Waals surface area contributed by atoms with E-state index in [0.717, 1.165) is 38.2 Å². The molecule has 1 aliphatic rings. The predicted octanol–water partition coefficient (Wildman–Crippen LogP) is 5.06. The van der Waals surface area contributed by atoms with E-state index in [9.17, 15) is 18.8 Å². The third-order valence-corrected chi connectivity index (χ3v) is 10.5. The Morgan fingerprint density at radius 3 is 2.45 bits per heavy atom. The number of unbranched alkanes of at least 4 members (excludes halogenated alkanes) is 1. The van der Waals surface area contributed by atoms with Gasteiger partial charge in [0.05, 0.1) is 6.04 Å². The van der Waals surface area contributed by atoms with Crippen LogP contribution in [-0.2, 0) is 33.9 Å². The van der Waals surface area contributed by atoms with Crippen LogP contribution in [0.4, 0.5) is 4.39 Å². The minimum absolute atomic E-state index is 0.0402. The van der Waals surface area contributed by atoms with Gasteiger partial charge in [0.25, 0.3) is 0 Å². The number of carbonyl (C=O) groups excluding carboxylic acids is 3. The number of aromatic amines is 1. The Morgan fingerprint density at radius 1 is 0.878 bits per heavy atom. The van der Waals surface area contributed by atoms with E-state index in [-0.39, 0.29) is 37.0 Å². The second-order valence-electron chi connectivity index (χ2n) is 12.7. The van der Waals surface area contributed by atoms with Crippen molar-refractivity contribution in [1.29, 1.82) is 0 Å². The Morgan fingerprint density at radius 2 is 1.63 bits per heavy atom. The first kappa shape index (κ1) is 36.3. The number of nitrogens with zero attached hydrogens (tertiary/aromatic N) is 1. The summed E-state index contributed by atoms with van der Waals surface area (Å²) in [5.74, 6) is -1.71. The summed E-state index contributed by atoms with van der Waals surface area (Å²) in [6.07, 6.45) is 5.23. The van der Waals surface area contributed by atoms with Crippen molar-refractivity contribution in [3.63, 3.8) is 0 Å². The molecular formula is C38H47FN6O3S. The minimum atomic E-state index is -0.883. The molecule has 0 bridgehead atoms. The number of H-pyrrole nitrogens is 1. The molecule has 0 saturated carbocycles. The van der Waals surface area contributed by atoms with Gasteiger partial charge in [-0.15, -0.1) is 0 Å². The van der Waals surface area contributed by atoms with Crippen molar-refractivity contribution >= 4 is 40.3 Å². The predicted molar refractivity (Wildman–Crippen MR) is 192 cm³/mol. The molecule has 0 unspecified atom stereocenters. The summed E-state index contributed by atoms with van der Waals surface area (Å²) in [5, 5.41) is 7.46. The third-order valence-electron chi connectivity index (χ3n) is 9.30. The lowest BCUT2D eigenvalue weighted by atomic mass is 9.90. The lowest BCUT2D eigenvalue weighted by molar-refractivity contribution is -0.143. The van der Waals surface area contributed by atoms with Gasteiger partial charge in [0.1, 0.15) is 11.9 Å². The number of aromatic nitrogens is 1. The van der Waals surface area contributed by atoms with Crippen LogP contribution >= 0.6 is 11.8 Å². The number of fused-ring (bicyclic) bond motifs is 3. The molecule has 7 N–H and O–H groups in total. The van der Waals surface area contributed by atoms with Crippen LogP contribution in [-0.4, -0.2) is 59.7 Å². The molecule has 5 rings (SSSR count). The molecule has 2 amide bonds. The number of carbonyl (C=O) groups is 3. The standard InChI is InChI=1S/C38H47FN6O3S/c1-45-33(20-27-23-42-31-12-4-3-11-30(27)31)37(47)44-24-28-19-29(39)15-16-36(28)49-35-14-5-2-10-26(35)22-43-32(13-8-18-41)34(46)21-25(38(45)48)9-6-7-17-40/h2-5,10-12,14-16,19,23,25,32-33,42-43H,6-9,13,17-18,20-22,24,40-41H2,1H3,(H,44,47)/t25-,32+,33+/m1/s1. The van der Waals surface area contributed by atoms with Gasteiger partial charge in [-0.2, -0.15) is 0 Å². The summed E-state index contributed by atoms with van der Waals surface area (Å²) in [6.45, 7) is 1.43. The first-order chi connectivity index (χ1) is 23.8. The van der Waals surface area contributed by atoms with E-state index in [1.165, 1.54) is 28.8 Å². The Hall–Kier alpha value is -4.03. The lowest BCUT2D eigenvalue weighted by Gasteiger charge is -2.31. The number of nitrogens with two attached hydrogens (primary N) is 2. The van der Waals surface area contributed by atoms with Gasteiger partial charge in [-0.3, -0.25) is 14.4 Å². The van der Waals surface area contributed by atoms with Crippen LogP contribution in [0.15, 0.2) is 82.7 Å². The van der Waals surface area contributed by atoms with Crippen molar-refractivity contribution in [2.45, 2.75) is 79.9 Å². The summed E-state index contributed by atoms with van der Waals surface area (Å²) in [5.41, 5.74) is 15.1. The molecule has 0 aliphatic carbocycles. The van der Waals surface area contributed by atoms with Crippen LogP contribution in [0, 0.1) is 11.7 Å². The number of amides is 2. The molecule has 9 nitrogen and oxygen atoms in total. The summed E-state index contributed by atoms with van der Waals surface area (Å²) in [4.78, 5) is 49.0. The van der Waals surface area contributed by atoms with Gasteiger partial charge < -0.3 is 32.0 Å². The minimum Gasteiger partial charge on any atom is -0.361 e. The van der Waals surface area contributed by atoms with Crippen LogP contribution in [0.1, 0.15) is 55.2 Å². The average molecular weight is 687 g/mol. The van der Waals surface area contributed by atoms with E-state index < -0.39 is 23.8 Å². The molecular weight excluding hydrogens is 640 g/mol. The molecule has 2 heterocycles. The molecule has 1 aromatic heterocycles. The maximum Gasteiger partial charge on any atom is 0.243 e. The summed E-state index contributed by atoms with van der Waals surface area (Å²) in [7, 11) is 1.64. The Kier molecular flexibility index (Phi) is 13.0. The first-order valence-corrected chi connectivity index (χ1v) is 17.9. The number of benzene rings is 3. The zero-order chi connectivity index (χ0) is 34.8. The molecule has 3 atom stereocenters. The molecule has 0 spiro atoms. The fourth-order valence-corrected chi connectivity index (χ4v) is 7.53. The van der Waals surface area contributed by atoms with Crippen molar-refractivity contribution in [2.75, 3.05) is 20.1 Å². The van der Waals surface area contributed by atoms with E-state index in [1.54, 1.807) is 13.1 Å². The number of rotatable bonds is 9. The van der Waals surface area contributed by atoms with E-state index in [4.69, 9.17) is 11.5 Å². The van der Waals surface area contributed by atoms with Crippen molar-refractivity contribution in [3.05, 3.63) is 95.4 Å². The highest BCUT2D eigenvalue weighted by atomic mass is 32.2. The maximum absolute atomic E-state index is 14.6. The number of nitrogens with one attached hydrogen (secondary N) is 3. The highest BCUT2D eigenvalue weighted by molar-refractivity contribution is 7.99. The smallest absolute Gasteiger partial charge is 0.243 e. The zero-order valence-electron chi connectivity index (χ0n) is 28.1. The number of hydrogen-bond donors (Lipinski definition) is 5. The molecule has 0 radical (unpaired) electrons. The number of Topliss-reactive ketones (excluding diaryl/α,β-unsaturated/α-hetero) is 1. The van der Waals surface area contributed by atoms with E-state index in [0.29, 0.717) is 50.9 Å². The molecule has 0 fully saturated rings. The van der Waals surface area contributed by atoms with Crippen LogP contribution in [0.25, 0.3) is 10.9 Å². The van der Waals surface area contributed by atoms with Gasteiger partial charge in [0.2, 0.25) is 11.8 Å².